The third-order valence-corrected chi connectivity index (χ3v) is 3.75. The van der Waals surface area contributed by atoms with Crippen LogP contribution in [-0.4, -0.2) is 20.7 Å². The summed E-state index contributed by atoms with van der Waals surface area (Å²) in [5, 5.41) is 19.1. The molecule has 1 aromatic heterocycles. The molecule has 3 rings (SSSR count). The first kappa shape index (κ1) is 12.8. The number of aliphatic hydroxyl groups is 1. The molecule has 2 atom stereocenters. The molecule has 1 aromatic carbocycles. The number of carboxylic acids is 1. The Morgan fingerprint density at radius 3 is 2.80 bits per heavy atom. The summed E-state index contributed by atoms with van der Waals surface area (Å²) in [6.45, 7) is 1.81. The molecule has 104 valence electrons. The average molecular weight is 277 g/mol. The van der Waals surface area contributed by atoms with Crippen LogP contribution >= 0.6 is 0 Å². The summed E-state index contributed by atoms with van der Waals surface area (Å²) in [4.78, 5) is 23.3. The first-order valence-electron chi connectivity index (χ1n) is 6.19. The van der Waals surface area contributed by atoms with Crippen molar-refractivity contribution in [3.63, 3.8) is 0 Å². The van der Waals surface area contributed by atoms with Gasteiger partial charge in [0.1, 0.15) is 11.4 Å². The van der Waals surface area contributed by atoms with E-state index in [4.69, 9.17) is 5.11 Å². The molecule has 5 nitrogen and oxygen atoms in total. The number of carbonyl (C=O) groups is 1. The molecule has 2 unspecified atom stereocenters. The first-order valence-corrected chi connectivity index (χ1v) is 6.19. The van der Waals surface area contributed by atoms with E-state index in [0.717, 1.165) is 6.07 Å². The number of benzene rings is 1. The Kier molecular flexibility index (Phi) is 2.65. The van der Waals surface area contributed by atoms with Crippen molar-refractivity contribution in [2.45, 2.75) is 25.5 Å². The summed E-state index contributed by atoms with van der Waals surface area (Å²) in [5.41, 5.74) is -0.386. The predicted octanol–water partition coefficient (Wildman–Crippen LogP) is 1.84. The Morgan fingerprint density at radius 1 is 1.45 bits per heavy atom. The predicted molar refractivity (Wildman–Crippen MR) is 69.4 cm³/mol. The largest absolute Gasteiger partial charge is 0.477 e. The molecular formula is C14H12FNO4. The Morgan fingerprint density at radius 2 is 2.15 bits per heavy atom. The molecule has 6 heteroatoms. The molecule has 0 fully saturated rings. The van der Waals surface area contributed by atoms with Crippen LogP contribution in [0.2, 0.25) is 0 Å². The number of aromatic nitrogens is 1. The van der Waals surface area contributed by atoms with Crippen molar-refractivity contribution in [1.29, 1.82) is 0 Å². The zero-order valence-corrected chi connectivity index (χ0v) is 10.6. The second-order valence-corrected chi connectivity index (χ2v) is 5.08. The zero-order valence-electron chi connectivity index (χ0n) is 10.6. The van der Waals surface area contributed by atoms with Gasteiger partial charge in [0, 0.05) is 23.2 Å². The van der Waals surface area contributed by atoms with Gasteiger partial charge in [0.25, 0.3) is 0 Å². The molecule has 2 aromatic rings. The van der Waals surface area contributed by atoms with Crippen molar-refractivity contribution in [1.82, 2.24) is 4.57 Å². The molecule has 1 aliphatic rings. The van der Waals surface area contributed by atoms with Crippen LogP contribution in [0.3, 0.4) is 0 Å². The lowest BCUT2D eigenvalue weighted by Gasteiger charge is -2.29. The van der Waals surface area contributed by atoms with Crippen LogP contribution in [0.15, 0.2) is 23.1 Å². The highest BCUT2D eigenvalue weighted by Gasteiger charge is 2.28. The molecular weight excluding hydrogens is 265 g/mol. The highest BCUT2D eigenvalue weighted by molar-refractivity contribution is 5.93. The standard InChI is InChI=1S/C14H12FNO4/c1-6-2-11(17)8-3-7(15)4-9-12(8)16(6)5-10(13(9)18)14(19)20/h3-6,11,17H,2H2,1H3,(H,19,20). The van der Waals surface area contributed by atoms with Gasteiger partial charge in [0.2, 0.25) is 5.43 Å². The van der Waals surface area contributed by atoms with E-state index in [9.17, 15) is 19.1 Å². The zero-order chi connectivity index (χ0) is 14.6. The van der Waals surface area contributed by atoms with Crippen molar-refractivity contribution in [3.8, 4) is 0 Å². The Bertz CT molecular complexity index is 796. The normalized spacial score (nSPS) is 21.1. The van der Waals surface area contributed by atoms with Crippen LogP contribution in [0.5, 0.6) is 0 Å². The molecule has 2 N–H and O–H groups in total. The van der Waals surface area contributed by atoms with E-state index in [-0.39, 0.29) is 11.4 Å². The van der Waals surface area contributed by atoms with E-state index in [1.165, 1.54) is 12.3 Å². The van der Waals surface area contributed by atoms with E-state index in [1.54, 1.807) is 4.57 Å². The molecule has 0 saturated carbocycles. The maximum atomic E-state index is 13.6. The van der Waals surface area contributed by atoms with E-state index < -0.39 is 28.9 Å². The van der Waals surface area contributed by atoms with Crippen LogP contribution in [-0.2, 0) is 0 Å². The molecule has 20 heavy (non-hydrogen) atoms. The Balaban J connectivity index is 2.54. The Labute approximate surface area is 112 Å². The summed E-state index contributed by atoms with van der Waals surface area (Å²) in [5.74, 6) is -2.00. The molecule has 0 radical (unpaired) electrons. The highest BCUT2D eigenvalue weighted by Crippen LogP contribution is 2.36. The van der Waals surface area contributed by atoms with E-state index in [2.05, 4.69) is 0 Å². The topological polar surface area (TPSA) is 79.5 Å². The van der Waals surface area contributed by atoms with Crippen LogP contribution in [0.1, 0.15) is 41.4 Å². The molecule has 0 bridgehead atoms. The monoisotopic (exact) mass is 277 g/mol. The molecule has 1 aliphatic heterocycles. The first-order chi connectivity index (χ1) is 9.40. The van der Waals surface area contributed by atoms with Crippen molar-refractivity contribution in [3.05, 3.63) is 45.5 Å². The average Bonchev–Trinajstić information content (AvgIpc) is 2.37. The van der Waals surface area contributed by atoms with Gasteiger partial charge < -0.3 is 14.8 Å². The summed E-state index contributed by atoms with van der Waals surface area (Å²) < 4.78 is 15.2. The van der Waals surface area contributed by atoms with Crippen LogP contribution in [0.4, 0.5) is 4.39 Å². The number of hydrogen-bond donors (Lipinski definition) is 2. The molecule has 0 amide bonds. The van der Waals surface area contributed by atoms with Gasteiger partial charge in [0.15, 0.2) is 0 Å². The lowest BCUT2D eigenvalue weighted by molar-refractivity contribution is 0.0694. The summed E-state index contributed by atoms with van der Waals surface area (Å²) in [7, 11) is 0. The quantitative estimate of drug-likeness (QED) is 0.833. The number of carboxylic acid groups (broad SMARTS) is 1. The number of pyridine rings is 1. The van der Waals surface area contributed by atoms with E-state index in [0.29, 0.717) is 17.5 Å². The van der Waals surface area contributed by atoms with Crippen molar-refractivity contribution in [2.24, 2.45) is 0 Å². The maximum Gasteiger partial charge on any atom is 0.341 e. The Hall–Kier alpha value is -2.21. The minimum Gasteiger partial charge on any atom is -0.477 e. The molecule has 2 heterocycles. The summed E-state index contributed by atoms with van der Waals surface area (Å²) in [6.07, 6.45) is 0.747. The van der Waals surface area contributed by atoms with Gasteiger partial charge in [-0.2, -0.15) is 0 Å². The van der Waals surface area contributed by atoms with Gasteiger partial charge in [-0.1, -0.05) is 0 Å². The third-order valence-electron chi connectivity index (χ3n) is 3.75. The fourth-order valence-corrected chi connectivity index (χ4v) is 2.81. The summed E-state index contributed by atoms with van der Waals surface area (Å²) >= 11 is 0. The van der Waals surface area contributed by atoms with Gasteiger partial charge in [0.05, 0.1) is 11.6 Å². The van der Waals surface area contributed by atoms with Gasteiger partial charge in [-0.05, 0) is 25.5 Å². The molecule has 0 saturated heterocycles. The number of halogens is 1. The third kappa shape index (κ3) is 1.65. The minimum atomic E-state index is -1.34. The van der Waals surface area contributed by atoms with Gasteiger partial charge >= 0.3 is 5.97 Å². The van der Waals surface area contributed by atoms with Crippen molar-refractivity contribution < 1.29 is 19.4 Å². The van der Waals surface area contributed by atoms with E-state index in [1.807, 2.05) is 6.92 Å². The van der Waals surface area contributed by atoms with Crippen molar-refractivity contribution >= 4 is 16.9 Å². The van der Waals surface area contributed by atoms with Crippen LogP contribution in [0.25, 0.3) is 10.9 Å². The number of hydrogen-bond acceptors (Lipinski definition) is 3. The fourth-order valence-electron chi connectivity index (χ4n) is 2.81. The lowest BCUT2D eigenvalue weighted by atomic mass is 9.93. The van der Waals surface area contributed by atoms with Crippen molar-refractivity contribution in [2.75, 3.05) is 0 Å². The maximum absolute atomic E-state index is 13.6. The van der Waals surface area contributed by atoms with Gasteiger partial charge in [-0.3, -0.25) is 4.79 Å². The van der Waals surface area contributed by atoms with Crippen LogP contribution < -0.4 is 5.43 Å². The second kappa shape index (κ2) is 4.14. The number of aliphatic hydroxyl groups excluding tert-OH is 1. The SMILES string of the molecule is CC1CC(O)c2cc(F)cc3c(=O)c(C(=O)O)cn1c23. The lowest BCUT2D eigenvalue weighted by Crippen LogP contribution is -2.25. The van der Waals surface area contributed by atoms with Gasteiger partial charge in [-0.15, -0.1) is 0 Å². The van der Waals surface area contributed by atoms with Crippen LogP contribution in [0, 0.1) is 5.82 Å². The second-order valence-electron chi connectivity index (χ2n) is 5.08. The molecule has 0 spiro atoms. The highest BCUT2D eigenvalue weighted by atomic mass is 19.1. The smallest absolute Gasteiger partial charge is 0.341 e. The molecule has 0 aliphatic carbocycles. The number of rotatable bonds is 1. The minimum absolute atomic E-state index is 0.00880. The van der Waals surface area contributed by atoms with E-state index >= 15 is 0 Å². The summed E-state index contributed by atoms with van der Waals surface area (Å²) in [6, 6.07) is 2.04. The van der Waals surface area contributed by atoms with Gasteiger partial charge in [-0.25, -0.2) is 9.18 Å². The number of nitrogens with zero attached hydrogens (tertiary/aromatic N) is 1. The fraction of sp³-hybridized carbons (Fsp3) is 0.286. The number of aromatic carboxylic acids is 1.